The SMILES string of the molecule is CC(N)C1CCCCN1C1CCCCC1O. The molecule has 1 saturated heterocycles. The summed E-state index contributed by atoms with van der Waals surface area (Å²) in [5.41, 5.74) is 6.09. The van der Waals surface area contributed by atoms with Crippen LogP contribution in [0.5, 0.6) is 0 Å². The summed E-state index contributed by atoms with van der Waals surface area (Å²) in [7, 11) is 0. The lowest BCUT2D eigenvalue weighted by Crippen LogP contribution is -2.57. The minimum Gasteiger partial charge on any atom is -0.391 e. The second-order valence-electron chi connectivity index (χ2n) is 5.58. The lowest BCUT2D eigenvalue weighted by atomic mass is 9.87. The first-order valence-electron chi connectivity index (χ1n) is 6.89. The van der Waals surface area contributed by atoms with Crippen LogP contribution in [0.25, 0.3) is 0 Å². The van der Waals surface area contributed by atoms with Gasteiger partial charge < -0.3 is 10.8 Å². The maximum absolute atomic E-state index is 10.1. The zero-order chi connectivity index (χ0) is 11.5. The summed E-state index contributed by atoms with van der Waals surface area (Å²) in [4.78, 5) is 2.51. The fourth-order valence-corrected chi connectivity index (χ4v) is 3.43. The minimum atomic E-state index is -0.118. The van der Waals surface area contributed by atoms with Gasteiger partial charge in [0.2, 0.25) is 0 Å². The maximum atomic E-state index is 10.1. The number of aliphatic hydroxyl groups excluding tert-OH is 1. The summed E-state index contributed by atoms with van der Waals surface area (Å²) in [6.07, 6.45) is 8.25. The normalized spacial score (nSPS) is 39.6. The number of hydrogen-bond donors (Lipinski definition) is 2. The summed E-state index contributed by atoms with van der Waals surface area (Å²) in [5, 5.41) is 10.1. The van der Waals surface area contributed by atoms with Crippen molar-refractivity contribution in [2.24, 2.45) is 5.73 Å². The van der Waals surface area contributed by atoms with Crippen LogP contribution >= 0.6 is 0 Å². The van der Waals surface area contributed by atoms with Gasteiger partial charge in [0, 0.05) is 18.1 Å². The zero-order valence-corrected chi connectivity index (χ0v) is 10.4. The molecule has 1 aliphatic heterocycles. The predicted molar refractivity (Wildman–Crippen MR) is 66.3 cm³/mol. The quantitative estimate of drug-likeness (QED) is 0.750. The van der Waals surface area contributed by atoms with Crippen molar-refractivity contribution in [3.05, 3.63) is 0 Å². The zero-order valence-electron chi connectivity index (χ0n) is 10.4. The van der Waals surface area contributed by atoms with Gasteiger partial charge in [0.15, 0.2) is 0 Å². The van der Waals surface area contributed by atoms with Crippen molar-refractivity contribution in [2.75, 3.05) is 6.54 Å². The first-order valence-corrected chi connectivity index (χ1v) is 6.89. The molecule has 4 atom stereocenters. The second-order valence-corrected chi connectivity index (χ2v) is 5.58. The molecule has 1 heterocycles. The van der Waals surface area contributed by atoms with Crippen molar-refractivity contribution in [1.82, 2.24) is 4.90 Å². The van der Waals surface area contributed by atoms with Crippen LogP contribution < -0.4 is 5.73 Å². The van der Waals surface area contributed by atoms with Crippen LogP contribution in [-0.2, 0) is 0 Å². The van der Waals surface area contributed by atoms with Gasteiger partial charge in [-0.3, -0.25) is 4.90 Å². The molecule has 0 aromatic rings. The van der Waals surface area contributed by atoms with E-state index in [0.717, 1.165) is 19.4 Å². The van der Waals surface area contributed by atoms with Gasteiger partial charge in [0.05, 0.1) is 6.10 Å². The lowest BCUT2D eigenvalue weighted by molar-refractivity contribution is -0.0196. The molecule has 2 fully saturated rings. The van der Waals surface area contributed by atoms with Gasteiger partial charge >= 0.3 is 0 Å². The average molecular weight is 226 g/mol. The van der Waals surface area contributed by atoms with Crippen molar-refractivity contribution in [1.29, 1.82) is 0 Å². The van der Waals surface area contributed by atoms with Crippen LogP contribution in [0.1, 0.15) is 51.9 Å². The highest BCUT2D eigenvalue weighted by atomic mass is 16.3. The van der Waals surface area contributed by atoms with E-state index in [1.54, 1.807) is 0 Å². The molecule has 0 amide bonds. The highest BCUT2D eigenvalue weighted by molar-refractivity contribution is 4.91. The molecule has 4 unspecified atom stereocenters. The molecule has 3 nitrogen and oxygen atoms in total. The number of piperidine rings is 1. The molecule has 0 aromatic heterocycles. The third kappa shape index (κ3) is 2.58. The topological polar surface area (TPSA) is 49.5 Å². The smallest absolute Gasteiger partial charge is 0.0695 e. The maximum Gasteiger partial charge on any atom is 0.0695 e. The number of likely N-dealkylation sites (tertiary alicyclic amines) is 1. The number of hydrogen-bond acceptors (Lipinski definition) is 3. The Morgan fingerprint density at radius 3 is 2.50 bits per heavy atom. The van der Waals surface area contributed by atoms with Crippen LogP contribution in [0.15, 0.2) is 0 Å². The molecule has 0 spiro atoms. The van der Waals surface area contributed by atoms with Gasteiger partial charge in [0.25, 0.3) is 0 Å². The average Bonchev–Trinajstić information content (AvgIpc) is 2.29. The molecule has 16 heavy (non-hydrogen) atoms. The Morgan fingerprint density at radius 2 is 1.81 bits per heavy atom. The molecule has 1 aliphatic carbocycles. The van der Waals surface area contributed by atoms with E-state index in [-0.39, 0.29) is 12.1 Å². The van der Waals surface area contributed by atoms with Crippen molar-refractivity contribution in [2.45, 2.75) is 76.1 Å². The Labute approximate surface area is 99.0 Å². The number of rotatable bonds is 2. The summed E-state index contributed by atoms with van der Waals surface area (Å²) >= 11 is 0. The van der Waals surface area contributed by atoms with E-state index in [0.29, 0.717) is 12.1 Å². The van der Waals surface area contributed by atoms with Crippen molar-refractivity contribution in [3.8, 4) is 0 Å². The highest BCUT2D eigenvalue weighted by Crippen LogP contribution is 2.29. The summed E-state index contributed by atoms with van der Waals surface area (Å²) in [6, 6.07) is 1.10. The van der Waals surface area contributed by atoms with Gasteiger partial charge in [-0.1, -0.05) is 19.3 Å². The van der Waals surface area contributed by atoms with Gasteiger partial charge in [-0.05, 0) is 39.2 Å². The molecular formula is C13H26N2O. The largest absolute Gasteiger partial charge is 0.391 e. The van der Waals surface area contributed by atoms with Crippen LogP contribution in [0.3, 0.4) is 0 Å². The molecular weight excluding hydrogens is 200 g/mol. The fraction of sp³-hybridized carbons (Fsp3) is 1.00. The Hall–Kier alpha value is -0.120. The first-order chi connectivity index (χ1) is 7.70. The standard InChI is InChI=1S/C13H26N2O/c1-10(14)11-6-4-5-9-15(11)12-7-2-3-8-13(12)16/h10-13,16H,2-9,14H2,1H3. The van der Waals surface area contributed by atoms with E-state index >= 15 is 0 Å². The fourth-order valence-electron chi connectivity index (χ4n) is 3.43. The summed E-state index contributed by atoms with van der Waals surface area (Å²) in [5.74, 6) is 0. The number of nitrogens with two attached hydrogens (primary N) is 1. The van der Waals surface area contributed by atoms with E-state index in [4.69, 9.17) is 5.73 Å². The molecule has 3 N–H and O–H groups in total. The molecule has 0 aromatic carbocycles. The van der Waals surface area contributed by atoms with E-state index in [9.17, 15) is 5.11 Å². The van der Waals surface area contributed by atoms with Crippen molar-refractivity contribution in [3.63, 3.8) is 0 Å². The van der Waals surface area contributed by atoms with Gasteiger partial charge in [-0.2, -0.15) is 0 Å². The van der Waals surface area contributed by atoms with Gasteiger partial charge in [-0.25, -0.2) is 0 Å². The van der Waals surface area contributed by atoms with Crippen LogP contribution in [0.2, 0.25) is 0 Å². The molecule has 2 aliphatic rings. The molecule has 94 valence electrons. The van der Waals surface area contributed by atoms with Gasteiger partial charge in [-0.15, -0.1) is 0 Å². The van der Waals surface area contributed by atoms with Crippen LogP contribution in [0.4, 0.5) is 0 Å². The molecule has 2 rings (SSSR count). The van der Waals surface area contributed by atoms with E-state index in [1.807, 2.05) is 0 Å². The molecule has 0 bridgehead atoms. The van der Waals surface area contributed by atoms with Crippen molar-refractivity contribution >= 4 is 0 Å². The molecule has 3 heteroatoms. The Kier molecular flexibility index (Phi) is 4.22. The third-order valence-corrected chi connectivity index (χ3v) is 4.32. The Balaban J connectivity index is 2.03. The minimum absolute atomic E-state index is 0.118. The predicted octanol–water partition coefficient (Wildman–Crippen LogP) is 1.49. The van der Waals surface area contributed by atoms with E-state index in [1.165, 1.54) is 32.1 Å². The van der Waals surface area contributed by atoms with E-state index < -0.39 is 0 Å². The van der Waals surface area contributed by atoms with Crippen LogP contribution in [0, 0.1) is 0 Å². The van der Waals surface area contributed by atoms with Crippen LogP contribution in [-0.4, -0.2) is 40.8 Å². The van der Waals surface area contributed by atoms with Gasteiger partial charge in [0.1, 0.15) is 0 Å². The summed E-state index contributed by atoms with van der Waals surface area (Å²) in [6.45, 7) is 3.24. The van der Waals surface area contributed by atoms with Crippen molar-refractivity contribution < 1.29 is 5.11 Å². The molecule has 0 radical (unpaired) electrons. The Bertz CT molecular complexity index is 220. The lowest BCUT2D eigenvalue weighted by Gasteiger charge is -2.46. The number of aliphatic hydroxyl groups is 1. The first kappa shape index (κ1) is 12.3. The second kappa shape index (κ2) is 5.48. The third-order valence-electron chi connectivity index (χ3n) is 4.32. The number of nitrogens with zero attached hydrogens (tertiary/aromatic N) is 1. The van der Waals surface area contributed by atoms with E-state index in [2.05, 4.69) is 11.8 Å². The molecule has 1 saturated carbocycles. The summed E-state index contributed by atoms with van der Waals surface area (Å²) < 4.78 is 0. The Morgan fingerprint density at radius 1 is 1.12 bits per heavy atom. The monoisotopic (exact) mass is 226 g/mol. The highest BCUT2D eigenvalue weighted by Gasteiger charge is 2.35.